The van der Waals surface area contributed by atoms with E-state index in [2.05, 4.69) is 11.8 Å². The van der Waals surface area contributed by atoms with E-state index in [1.807, 2.05) is 54.6 Å². The minimum absolute atomic E-state index is 0.125. The van der Waals surface area contributed by atoms with E-state index in [0.717, 1.165) is 16.7 Å². The molecule has 0 saturated heterocycles. The third-order valence-electron chi connectivity index (χ3n) is 2.46. The Balaban J connectivity index is 2.15. The van der Waals surface area contributed by atoms with Crippen LogP contribution in [0.15, 0.2) is 54.6 Å². The standard InChI is InChI=1S/C16H12O2/c17-16(18)8-4-5-13-9-11-15(12-10-13)14-6-2-1-3-7-14/h1-3,6-7,9-12H,8H2,(H,17,18). The summed E-state index contributed by atoms with van der Waals surface area (Å²) in [6.45, 7) is 0. The van der Waals surface area contributed by atoms with Gasteiger partial charge in [-0.2, -0.15) is 0 Å². The number of aliphatic carboxylic acids is 1. The van der Waals surface area contributed by atoms with Crippen LogP contribution in [0.4, 0.5) is 0 Å². The number of hydrogen-bond acceptors (Lipinski definition) is 1. The first-order valence-electron chi connectivity index (χ1n) is 5.62. The molecule has 0 spiro atoms. The Kier molecular flexibility index (Phi) is 3.78. The van der Waals surface area contributed by atoms with Crippen molar-refractivity contribution in [1.29, 1.82) is 0 Å². The lowest BCUT2D eigenvalue weighted by Crippen LogP contribution is -1.90. The summed E-state index contributed by atoms with van der Waals surface area (Å²) in [6.07, 6.45) is -0.125. The van der Waals surface area contributed by atoms with Crippen LogP contribution in [0.5, 0.6) is 0 Å². The second-order valence-electron chi connectivity index (χ2n) is 3.82. The third-order valence-corrected chi connectivity index (χ3v) is 2.46. The quantitative estimate of drug-likeness (QED) is 0.813. The van der Waals surface area contributed by atoms with Gasteiger partial charge < -0.3 is 5.11 Å². The van der Waals surface area contributed by atoms with Gasteiger partial charge in [0.15, 0.2) is 0 Å². The first kappa shape index (κ1) is 11.9. The molecule has 0 bridgehead atoms. The predicted molar refractivity (Wildman–Crippen MR) is 71.0 cm³/mol. The minimum Gasteiger partial charge on any atom is -0.481 e. The molecule has 0 aliphatic heterocycles. The van der Waals surface area contributed by atoms with Crippen LogP contribution < -0.4 is 0 Å². The van der Waals surface area contributed by atoms with Crippen molar-refractivity contribution < 1.29 is 9.90 Å². The van der Waals surface area contributed by atoms with Crippen molar-refractivity contribution in [2.45, 2.75) is 6.42 Å². The predicted octanol–water partition coefficient (Wildman–Crippen LogP) is 3.18. The summed E-state index contributed by atoms with van der Waals surface area (Å²) in [4.78, 5) is 10.3. The van der Waals surface area contributed by atoms with E-state index in [-0.39, 0.29) is 6.42 Å². The molecule has 0 heterocycles. The van der Waals surface area contributed by atoms with Crippen LogP contribution in [0, 0.1) is 11.8 Å². The summed E-state index contributed by atoms with van der Waals surface area (Å²) in [5.74, 6) is 4.54. The van der Waals surface area contributed by atoms with Gasteiger partial charge >= 0.3 is 5.97 Å². The van der Waals surface area contributed by atoms with Gasteiger partial charge in [-0.15, -0.1) is 0 Å². The van der Waals surface area contributed by atoms with Gasteiger partial charge in [-0.1, -0.05) is 54.3 Å². The Labute approximate surface area is 106 Å². The molecule has 18 heavy (non-hydrogen) atoms. The highest BCUT2D eigenvalue weighted by molar-refractivity contribution is 5.70. The summed E-state index contributed by atoms with van der Waals surface area (Å²) < 4.78 is 0. The molecule has 2 aromatic carbocycles. The van der Waals surface area contributed by atoms with Crippen LogP contribution in [0.1, 0.15) is 12.0 Å². The molecule has 2 heteroatoms. The zero-order chi connectivity index (χ0) is 12.8. The maximum absolute atomic E-state index is 10.3. The molecule has 0 amide bonds. The zero-order valence-electron chi connectivity index (χ0n) is 9.76. The Bertz CT molecular complexity index is 586. The molecule has 0 aliphatic carbocycles. The Morgan fingerprint density at radius 3 is 2.17 bits per heavy atom. The van der Waals surface area contributed by atoms with E-state index < -0.39 is 5.97 Å². The fraction of sp³-hybridized carbons (Fsp3) is 0.0625. The van der Waals surface area contributed by atoms with E-state index in [1.165, 1.54) is 0 Å². The van der Waals surface area contributed by atoms with Crippen molar-refractivity contribution in [3.8, 4) is 23.0 Å². The van der Waals surface area contributed by atoms with Gasteiger partial charge in [-0.3, -0.25) is 4.79 Å². The molecule has 88 valence electrons. The highest BCUT2D eigenvalue weighted by atomic mass is 16.4. The maximum Gasteiger partial charge on any atom is 0.315 e. The normalized spacial score (nSPS) is 9.33. The van der Waals surface area contributed by atoms with Crippen molar-refractivity contribution in [1.82, 2.24) is 0 Å². The lowest BCUT2D eigenvalue weighted by atomic mass is 10.0. The van der Waals surface area contributed by atoms with Crippen LogP contribution in [0.2, 0.25) is 0 Å². The molecule has 2 aromatic rings. The third kappa shape index (κ3) is 3.23. The van der Waals surface area contributed by atoms with Gasteiger partial charge in [0, 0.05) is 5.56 Å². The highest BCUT2D eigenvalue weighted by Crippen LogP contribution is 2.18. The topological polar surface area (TPSA) is 37.3 Å². The molecule has 0 saturated carbocycles. The molecule has 0 aliphatic rings. The SMILES string of the molecule is O=C(O)CC#Cc1ccc(-c2ccccc2)cc1. The van der Waals surface area contributed by atoms with E-state index >= 15 is 0 Å². The molecule has 0 unspecified atom stereocenters. The minimum atomic E-state index is -0.900. The average molecular weight is 236 g/mol. The number of rotatable bonds is 2. The van der Waals surface area contributed by atoms with Crippen molar-refractivity contribution in [3.63, 3.8) is 0 Å². The number of benzene rings is 2. The maximum atomic E-state index is 10.3. The number of carboxylic acids is 1. The average Bonchev–Trinajstić information content (AvgIpc) is 2.40. The second-order valence-corrected chi connectivity index (χ2v) is 3.82. The number of carboxylic acid groups (broad SMARTS) is 1. The van der Waals surface area contributed by atoms with Gasteiger partial charge in [0.05, 0.1) is 0 Å². The van der Waals surface area contributed by atoms with Crippen molar-refractivity contribution in [2.75, 3.05) is 0 Å². The zero-order valence-corrected chi connectivity index (χ0v) is 9.76. The molecule has 2 rings (SSSR count). The lowest BCUT2D eigenvalue weighted by Gasteiger charge is -2.00. The Hall–Kier alpha value is -2.53. The Morgan fingerprint density at radius 2 is 1.56 bits per heavy atom. The van der Waals surface area contributed by atoms with Crippen LogP contribution in [0.3, 0.4) is 0 Å². The van der Waals surface area contributed by atoms with Gasteiger partial charge in [0.1, 0.15) is 6.42 Å². The fourth-order valence-corrected chi connectivity index (χ4v) is 1.60. The van der Waals surface area contributed by atoms with Crippen molar-refractivity contribution in [3.05, 3.63) is 60.2 Å². The van der Waals surface area contributed by atoms with Gasteiger partial charge in [-0.25, -0.2) is 0 Å². The van der Waals surface area contributed by atoms with E-state index in [0.29, 0.717) is 0 Å². The Morgan fingerprint density at radius 1 is 0.944 bits per heavy atom. The van der Waals surface area contributed by atoms with Gasteiger partial charge in [-0.05, 0) is 23.3 Å². The van der Waals surface area contributed by atoms with E-state index in [1.54, 1.807) is 0 Å². The summed E-state index contributed by atoms with van der Waals surface area (Å²) in [5, 5.41) is 8.48. The highest BCUT2D eigenvalue weighted by Gasteiger charge is 1.95. The first-order valence-corrected chi connectivity index (χ1v) is 5.62. The summed E-state index contributed by atoms with van der Waals surface area (Å²) >= 11 is 0. The number of carbonyl (C=O) groups is 1. The van der Waals surface area contributed by atoms with Crippen LogP contribution in [0.25, 0.3) is 11.1 Å². The van der Waals surface area contributed by atoms with E-state index in [4.69, 9.17) is 5.11 Å². The number of hydrogen-bond donors (Lipinski definition) is 1. The molecule has 2 nitrogen and oxygen atoms in total. The molecule has 0 aromatic heterocycles. The van der Waals surface area contributed by atoms with Crippen LogP contribution in [-0.2, 0) is 4.79 Å². The summed E-state index contributed by atoms with van der Waals surface area (Å²) in [6, 6.07) is 17.8. The lowest BCUT2D eigenvalue weighted by molar-refractivity contribution is -0.135. The monoisotopic (exact) mass is 236 g/mol. The molecule has 0 radical (unpaired) electrons. The van der Waals surface area contributed by atoms with Crippen molar-refractivity contribution >= 4 is 5.97 Å². The van der Waals surface area contributed by atoms with Crippen molar-refractivity contribution in [2.24, 2.45) is 0 Å². The first-order chi connectivity index (χ1) is 8.75. The summed E-state index contributed by atoms with van der Waals surface area (Å²) in [7, 11) is 0. The second kappa shape index (κ2) is 5.70. The largest absolute Gasteiger partial charge is 0.481 e. The molecular formula is C16H12O2. The van der Waals surface area contributed by atoms with Crippen LogP contribution >= 0.6 is 0 Å². The van der Waals surface area contributed by atoms with Crippen LogP contribution in [-0.4, -0.2) is 11.1 Å². The fourth-order valence-electron chi connectivity index (χ4n) is 1.60. The summed E-state index contributed by atoms with van der Waals surface area (Å²) in [5.41, 5.74) is 3.11. The molecule has 0 atom stereocenters. The molecule has 0 fully saturated rings. The van der Waals surface area contributed by atoms with Gasteiger partial charge in [0.2, 0.25) is 0 Å². The molecule has 1 N–H and O–H groups in total. The van der Waals surface area contributed by atoms with E-state index in [9.17, 15) is 4.79 Å². The molecular weight excluding hydrogens is 224 g/mol. The van der Waals surface area contributed by atoms with Gasteiger partial charge in [0.25, 0.3) is 0 Å². The smallest absolute Gasteiger partial charge is 0.315 e.